The van der Waals surface area contributed by atoms with Crippen LogP contribution in [0.5, 0.6) is 0 Å². The van der Waals surface area contributed by atoms with Crippen molar-refractivity contribution < 1.29 is 24.5 Å². The number of hydrogen-bond acceptors (Lipinski definition) is 5. The molecule has 25 heavy (non-hydrogen) atoms. The topological polar surface area (TPSA) is 121 Å². The summed E-state index contributed by atoms with van der Waals surface area (Å²) in [4.78, 5) is 28.0. The van der Waals surface area contributed by atoms with E-state index >= 15 is 0 Å². The average molecular weight is 351 g/mol. The highest BCUT2D eigenvalue weighted by atomic mass is 16.5. The highest BCUT2D eigenvalue weighted by molar-refractivity contribution is 5.95. The summed E-state index contributed by atoms with van der Waals surface area (Å²) in [5, 5.41) is 23.9. The molecule has 4 N–H and O–H groups in total. The van der Waals surface area contributed by atoms with E-state index in [9.17, 15) is 14.7 Å². The molecule has 0 atom stereocenters. The van der Waals surface area contributed by atoms with Crippen molar-refractivity contribution in [2.45, 2.75) is 45.1 Å². The van der Waals surface area contributed by atoms with Gasteiger partial charge in [0.15, 0.2) is 0 Å². The van der Waals surface area contributed by atoms with Gasteiger partial charge in [-0.1, -0.05) is 0 Å². The van der Waals surface area contributed by atoms with E-state index in [4.69, 9.17) is 9.84 Å². The first-order chi connectivity index (χ1) is 11.7. The molecular formula is C17H25N3O5. The second kappa shape index (κ2) is 7.79. The summed E-state index contributed by atoms with van der Waals surface area (Å²) in [6.45, 7) is 6.14. The fourth-order valence-electron chi connectivity index (χ4n) is 2.74. The number of ether oxygens (including phenoxy) is 1. The van der Waals surface area contributed by atoms with Gasteiger partial charge in [-0.15, -0.1) is 0 Å². The minimum absolute atomic E-state index is 0.0250. The van der Waals surface area contributed by atoms with E-state index in [1.165, 1.54) is 0 Å². The van der Waals surface area contributed by atoms with Crippen LogP contribution in [0.4, 0.5) is 10.5 Å². The zero-order valence-corrected chi connectivity index (χ0v) is 14.8. The van der Waals surface area contributed by atoms with E-state index in [2.05, 4.69) is 15.6 Å². The van der Waals surface area contributed by atoms with Crippen LogP contribution in [-0.2, 0) is 4.74 Å². The van der Waals surface area contributed by atoms with E-state index in [1.807, 2.05) is 0 Å². The monoisotopic (exact) mass is 351 g/mol. The molecule has 2 heterocycles. The minimum atomic E-state index is -1.17. The Hall–Kier alpha value is -2.19. The molecule has 138 valence electrons. The van der Waals surface area contributed by atoms with E-state index in [0.29, 0.717) is 30.2 Å². The second-order valence-corrected chi connectivity index (χ2v) is 6.90. The first kappa shape index (κ1) is 19.1. The standard InChI is InChI=1S/C17H25N3O5/c1-10-8-12(19-16(22)23)14(11-4-6-25-7-5-11)20-13(10)15(21)18-9-17(2,3)24/h8,11,19,24H,4-7,9H2,1-3H3,(H,18,21)(H,22,23). The Balaban J connectivity index is 2.33. The number of nitrogens with zero attached hydrogens (tertiary/aromatic N) is 1. The van der Waals surface area contributed by atoms with Gasteiger partial charge in [-0.2, -0.15) is 0 Å². The fraction of sp³-hybridized carbons (Fsp3) is 0.588. The van der Waals surface area contributed by atoms with Crippen molar-refractivity contribution in [3.8, 4) is 0 Å². The zero-order chi connectivity index (χ0) is 18.6. The molecule has 0 aliphatic carbocycles. The maximum atomic E-state index is 12.4. The van der Waals surface area contributed by atoms with Gasteiger partial charge in [-0.25, -0.2) is 9.78 Å². The Kier molecular flexibility index (Phi) is 5.97. The Morgan fingerprint density at radius 3 is 2.56 bits per heavy atom. The fourth-order valence-corrected chi connectivity index (χ4v) is 2.74. The van der Waals surface area contributed by atoms with Gasteiger partial charge in [0, 0.05) is 25.7 Å². The maximum absolute atomic E-state index is 12.4. The maximum Gasteiger partial charge on any atom is 0.409 e. The van der Waals surface area contributed by atoms with Crippen LogP contribution in [0.25, 0.3) is 0 Å². The lowest BCUT2D eigenvalue weighted by atomic mass is 9.93. The van der Waals surface area contributed by atoms with Gasteiger partial charge in [0.05, 0.1) is 17.0 Å². The quantitative estimate of drug-likeness (QED) is 0.643. The van der Waals surface area contributed by atoms with Crippen molar-refractivity contribution >= 4 is 17.7 Å². The van der Waals surface area contributed by atoms with Crippen molar-refractivity contribution in [3.63, 3.8) is 0 Å². The number of aromatic nitrogens is 1. The van der Waals surface area contributed by atoms with Crippen LogP contribution in [0.1, 0.15) is 54.4 Å². The molecule has 0 bridgehead atoms. The predicted molar refractivity (Wildman–Crippen MR) is 92.0 cm³/mol. The highest BCUT2D eigenvalue weighted by Crippen LogP contribution is 2.32. The van der Waals surface area contributed by atoms with E-state index in [1.54, 1.807) is 26.8 Å². The van der Waals surface area contributed by atoms with Crippen molar-refractivity contribution in [2.75, 3.05) is 25.1 Å². The van der Waals surface area contributed by atoms with Gasteiger partial charge in [0.1, 0.15) is 5.69 Å². The van der Waals surface area contributed by atoms with E-state index < -0.39 is 17.6 Å². The summed E-state index contributed by atoms with van der Waals surface area (Å²) < 4.78 is 5.35. The number of amides is 2. The summed E-state index contributed by atoms with van der Waals surface area (Å²) in [6, 6.07) is 1.63. The number of carbonyl (C=O) groups is 2. The molecule has 8 heteroatoms. The number of nitrogens with one attached hydrogen (secondary N) is 2. The molecule has 1 saturated heterocycles. The third-order valence-corrected chi connectivity index (χ3v) is 3.99. The predicted octanol–water partition coefficient (Wildman–Crippen LogP) is 1.87. The van der Waals surface area contributed by atoms with Crippen LogP contribution in [-0.4, -0.2) is 52.6 Å². The number of anilines is 1. The van der Waals surface area contributed by atoms with Gasteiger partial charge in [0.2, 0.25) is 0 Å². The number of rotatable bonds is 5. The highest BCUT2D eigenvalue weighted by Gasteiger charge is 2.25. The number of carboxylic acid groups (broad SMARTS) is 1. The molecule has 0 radical (unpaired) electrons. The van der Waals surface area contributed by atoms with Crippen molar-refractivity contribution in [2.24, 2.45) is 0 Å². The van der Waals surface area contributed by atoms with Crippen LogP contribution in [0.3, 0.4) is 0 Å². The van der Waals surface area contributed by atoms with E-state index in [0.717, 1.165) is 12.8 Å². The molecular weight excluding hydrogens is 326 g/mol. The summed E-state index contributed by atoms with van der Waals surface area (Å²) in [7, 11) is 0. The number of carbonyl (C=O) groups excluding carboxylic acids is 1. The first-order valence-electron chi connectivity index (χ1n) is 8.27. The van der Waals surface area contributed by atoms with Gasteiger partial charge in [0.25, 0.3) is 5.91 Å². The molecule has 1 fully saturated rings. The van der Waals surface area contributed by atoms with Crippen LogP contribution in [0, 0.1) is 6.92 Å². The van der Waals surface area contributed by atoms with Crippen LogP contribution < -0.4 is 10.6 Å². The number of hydrogen-bond donors (Lipinski definition) is 4. The van der Waals surface area contributed by atoms with Crippen molar-refractivity contribution in [1.29, 1.82) is 0 Å². The van der Waals surface area contributed by atoms with Crippen molar-refractivity contribution in [3.05, 3.63) is 23.0 Å². The van der Waals surface area contributed by atoms with E-state index in [-0.39, 0.29) is 18.2 Å². The summed E-state index contributed by atoms with van der Waals surface area (Å²) in [5.74, 6) is -0.369. The zero-order valence-electron chi connectivity index (χ0n) is 14.8. The largest absolute Gasteiger partial charge is 0.465 e. The van der Waals surface area contributed by atoms with Crippen LogP contribution in [0.2, 0.25) is 0 Å². The number of aryl methyl sites for hydroxylation is 1. The summed E-state index contributed by atoms with van der Waals surface area (Å²) in [6.07, 6.45) is 0.262. The molecule has 1 aromatic rings. The van der Waals surface area contributed by atoms with Gasteiger partial charge in [-0.3, -0.25) is 10.1 Å². The molecule has 8 nitrogen and oxygen atoms in total. The van der Waals surface area contributed by atoms with Crippen LogP contribution >= 0.6 is 0 Å². The first-order valence-corrected chi connectivity index (χ1v) is 8.27. The third kappa shape index (κ3) is 5.40. The molecule has 1 aliphatic heterocycles. The minimum Gasteiger partial charge on any atom is -0.465 e. The Morgan fingerprint density at radius 1 is 1.36 bits per heavy atom. The third-order valence-electron chi connectivity index (χ3n) is 3.99. The summed E-state index contributed by atoms with van der Waals surface area (Å²) >= 11 is 0. The average Bonchev–Trinajstić information content (AvgIpc) is 2.52. The lowest BCUT2D eigenvalue weighted by Gasteiger charge is -2.25. The number of aliphatic hydroxyl groups is 1. The molecule has 1 aromatic heterocycles. The molecule has 2 rings (SSSR count). The Bertz CT molecular complexity index is 648. The lowest BCUT2D eigenvalue weighted by Crippen LogP contribution is -2.39. The molecule has 0 saturated carbocycles. The van der Waals surface area contributed by atoms with Gasteiger partial charge < -0.3 is 20.3 Å². The van der Waals surface area contributed by atoms with Crippen molar-refractivity contribution in [1.82, 2.24) is 10.3 Å². The molecule has 1 aliphatic rings. The number of pyridine rings is 1. The Morgan fingerprint density at radius 2 is 2.00 bits per heavy atom. The molecule has 2 amide bonds. The molecule has 0 spiro atoms. The molecule has 0 unspecified atom stereocenters. The summed E-state index contributed by atoms with van der Waals surface area (Å²) in [5.41, 5.74) is 0.730. The SMILES string of the molecule is Cc1cc(NC(=O)O)c(C2CCOCC2)nc1C(=O)NCC(C)(C)O. The second-order valence-electron chi connectivity index (χ2n) is 6.90. The molecule has 0 aromatic carbocycles. The van der Waals surface area contributed by atoms with Gasteiger partial charge >= 0.3 is 6.09 Å². The lowest BCUT2D eigenvalue weighted by molar-refractivity contribution is 0.0690. The van der Waals surface area contributed by atoms with Gasteiger partial charge in [-0.05, 0) is 45.2 Å². The smallest absolute Gasteiger partial charge is 0.409 e. The van der Waals surface area contributed by atoms with Crippen LogP contribution in [0.15, 0.2) is 6.07 Å². The Labute approximate surface area is 146 Å². The normalized spacial score (nSPS) is 15.7.